The first-order valence-corrected chi connectivity index (χ1v) is 8.42. The first kappa shape index (κ1) is 15.9. The van der Waals surface area contributed by atoms with Crippen LogP contribution in [0.4, 0.5) is 0 Å². The molecule has 0 aromatic heterocycles. The molecule has 2 rings (SSSR count). The Labute approximate surface area is 124 Å². The Bertz CT molecular complexity index is 577. The first-order chi connectivity index (χ1) is 10.0. The standard InChI is InChI=1S/C14H20N2O4S/c1-20-14(17)11-4-6-13(7-5-11)21(18,19)16-10-8-12-3-2-9-15-12/h4-7,12,15-16H,2-3,8-10H2,1H3/t12-/m0/s1. The zero-order valence-corrected chi connectivity index (χ0v) is 12.8. The Balaban J connectivity index is 1.93. The number of hydrogen-bond donors (Lipinski definition) is 2. The minimum absolute atomic E-state index is 0.148. The predicted octanol–water partition coefficient (Wildman–Crippen LogP) is 0.894. The highest BCUT2D eigenvalue weighted by Gasteiger charge is 2.17. The molecule has 0 amide bonds. The van der Waals surface area contributed by atoms with Crippen molar-refractivity contribution in [3.05, 3.63) is 29.8 Å². The van der Waals surface area contributed by atoms with Gasteiger partial charge in [0.2, 0.25) is 10.0 Å². The van der Waals surface area contributed by atoms with Gasteiger partial charge in [-0.2, -0.15) is 0 Å². The first-order valence-electron chi connectivity index (χ1n) is 6.94. The number of ether oxygens (including phenoxy) is 1. The molecule has 7 heteroatoms. The van der Waals surface area contributed by atoms with Gasteiger partial charge < -0.3 is 10.1 Å². The summed E-state index contributed by atoms with van der Waals surface area (Å²) < 4.78 is 31.4. The highest BCUT2D eigenvalue weighted by Crippen LogP contribution is 2.12. The van der Waals surface area contributed by atoms with Crippen LogP contribution in [-0.4, -0.2) is 40.6 Å². The lowest BCUT2D eigenvalue weighted by Gasteiger charge is -2.11. The summed E-state index contributed by atoms with van der Waals surface area (Å²) in [6, 6.07) is 6.09. The molecule has 6 nitrogen and oxygen atoms in total. The minimum Gasteiger partial charge on any atom is -0.465 e. The van der Waals surface area contributed by atoms with Crippen LogP contribution in [0.15, 0.2) is 29.2 Å². The summed E-state index contributed by atoms with van der Waals surface area (Å²) in [6.07, 6.45) is 3.02. The van der Waals surface area contributed by atoms with Crippen molar-refractivity contribution in [3.63, 3.8) is 0 Å². The molecule has 0 bridgehead atoms. The second-order valence-electron chi connectivity index (χ2n) is 5.00. The maximum absolute atomic E-state index is 12.1. The molecule has 1 atom stereocenters. The van der Waals surface area contributed by atoms with Crippen molar-refractivity contribution in [2.75, 3.05) is 20.2 Å². The maximum Gasteiger partial charge on any atom is 0.337 e. The van der Waals surface area contributed by atoms with E-state index in [2.05, 4.69) is 14.8 Å². The molecule has 1 aliphatic rings. The van der Waals surface area contributed by atoms with Gasteiger partial charge in [-0.25, -0.2) is 17.9 Å². The number of benzene rings is 1. The van der Waals surface area contributed by atoms with Crippen LogP contribution in [0.1, 0.15) is 29.6 Å². The van der Waals surface area contributed by atoms with Crippen molar-refractivity contribution < 1.29 is 17.9 Å². The molecule has 1 saturated heterocycles. The number of carbonyl (C=O) groups is 1. The Morgan fingerprint density at radius 2 is 2.10 bits per heavy atom. The average molecular weight is 312 g/mol. The molecule has 1 aromatic rings. The molecule has 1 fully saturated rings. The SMILES string of the molecule is COC(=O)c1ccc(S(=O)(=O)NCC[C@@H]2CCCN2)cc1. The number of hydrogen-bond acceptors (Lipinski definition) is 5. The second-order valence-corrected chi connectivity index (χ2v) is 6.76. The fourth-order valence-electron chi connectivity index (χ4n) is 2.34. The van der Waals surface area contributed by atoms with Crippen molar-refractivity contribution >= 4 is 16.0 Å². The van der Waals surface area contributed by atoms with Crippen molar-refractivity contribution in [2.45, 2.75) is 30.2 Å². The number of sulfonamides is 1. The molecule has 0 spiro atoms. The molecule has 1 heterocycles. The normalized spacial score (nSPS) is 18.6. The van der Waals surface area contributed by atoms with Crippen LogP contribution < -0.4 is 10.0 Å². The van der Waals surface area contributed by atoms with Crippen LogP contribution in [0, 0.1) is 0 Å². The monoisotopic (exact) mass is 312 g/mol. The molecule has 1 aliphatic heterocycles. The summed E-state index contributed by atoms with van der Waals surface area (Å²) >= 11 is 0. The van der Waals surface area contributed by atoms with E-state index in [0.717, 1.165) is 25.8 Å². The topological polar surface area (TPSA) is 84.5 Å². The van der Waals surface area contributed by atoms with Gasteiger partial charge in [-0.15, -0.1) is 0 Å². The van der Waals surface area contributed by atoms with Crippen LogP contribution in [0.25, 0.3) is 0 Å². The van der Waals surface area contributed by atoms with Crippen LogP contribution >= 0.6 is 0 Å². The number of esters is 1. The maximum atomic E-state index is 12.1. The molecule has 0 saturated carbocycles. The van der Waals surface area contributed by atoms with Gasteiger partial charge in [0.05, 0.1) is 17.6 Å². The van der Waals surface area contributed by atoms with Crippen LogP contribution in [-0.2, 0) is 14.8 Å². The highest BCUT2D eigenvalue weighted by molar-refractivity contribution is 7.89. The van der Waals surface area contributed by atoms with Crippen LogP contribution in [0.5, 0.6) is 0 Å². The van der Waals surface area contributed by atoms with Crippen molar-refractivity contribution in [1.82, 2.24) is 10.0 Å². The van der Waals surface area contributed by atoms with E-state index in [9.17, 15) is 13.2 Å². The van der Waals surface area contributed by atoms with E-state index in [0.29, 0.717) is 18.2 Å². The number of methoxy groups -OCH3 is 1. The predicted molar refractivity (Wildman–Crippen MR) is 78.6 cm³/mol. The third-order valence-corrected chi connectivity index (χ3v) is 5.01. The molecule has 116 valence electrons. The largest absolute Gasteiger partial charge is 0.465 e. The van der Waals surface area contributed by atoms with Crippen LogP contribution in [0.3, 0.4) is 0 Å². The van der Waals surface area contributed by atoms with Gasteiger partial charge in [0.15, 0.2) is 0 Å². The van der Waals surface area contributed by atoms with Gasteiger partial charge in [-0.1, -0.05) is 0 Å². The molecule has 2 N–H and O–H groups in total. The number of nitrogens with one attached hydrogen (secondary N) is 2. The smallest absolute Gasteiger partial charge is 0.337 e. The molecule has 0 aliphatic carbocycles. The average Bonchev–Trinajstić information content (AvgIpc) is 2.99. The lowest BCUT2D eigenvalue weighted by molar-refractivity contribution is 0.0600. The molecule has 0 unspecified atom stereocenters. The molecular formula is C14H20N2O4S. The minimum atomic E-state index is -3.53. The van der Waals surface area contributed by atoms with E-state index in [1.807, 2.05) is 0 Å². The summed E-state index contributed by atoms with van der Waals surface area (Å²) in [7, 11) is -2.25. The second kappa shape index (κ2) is 7.02. The quantitative estimate of drug-likeness (QED) is 0.762. The van der Waals surface area contributed by atoms with Crippen LogP contribution in [0.2, 0.25) is 0 Å². The molecule has 0 radical (unpaired) electrons. The van der Waals surface area contributed by atoms with Crippen molar-refractivity contribution in [2.24, 2.45) is 0 Å². The fraction of sp³-hybridized carbons (Fsp3) is 0.500. The van der Waals surface area contributed by atoms with Crippen molar-refractivity contribution in [1.29, 1.82) is 0 Å². The summed E-state index contributed by atoms with van der Waals surface area (Å²) in [4.78, 5) is 11.4. The van der Waals surface area contributed by atoms with Gasteiger partial charge in [-0.05, 0) is 50.1 Å². The lowest BCUT2D eigenvalue weighted by atomic mass is 10.2. The molecule has 1 aromatic carbocycles. The van der Waals surface area contributed by atoms with Gasteiger partial charge in [0.1, 0.15) is 0 Å². The lowest BCUT2D eigenvalue weighted by Crippen LogP contribution is -2.30. The Hall–Kier alpha value is -1.44. The number of rotatable bonds is 6. The Kier molecular flexibility index (Phi) is 5.33. The summed E-state index contributed by atoms with van der Waals surface area (Å²) in [5.74, 6) is -0.487. The van der Waals surface area contributed by atoms with E-state index >= 15 is 0 Å². The van der Waals surface area contributed by atoms with E-state index in [-0.39, 0.29) is 4.90 Å². The van der Waals surface area contributed by atoms with E-state index < -0.39 is 16.0 Å². The van der Waals surface area contributed by atoms with E-state index in [1.165, 1.54) is 31.4 Å². The third kappa shape index (κ3) is 4.26. The Morgan fingerprint density at radius 3 is 2.67 bits per heavy atom. The Morgan fingerprint density at radius 1 is 1.38 bits per heavy atom. The molecule has 21 heavy (non-hydrogen) atoms. The van der Waals surface area contributed by atoms with E-state index in [4.69, 9.17) is 0 Å². The third-order valence-electron chi connectivity index (χ3n) is 3.53. The summed E-state index contributed by atoms with van der Waals surface area (Å²) in [6.45, 7) is 1.41. The zero-order valence-electron chi connectivity index (χ0n) is 12.0. The van der Waals surface area contributed by atoms with Gasteiger partial charge >= 0.3 is 5.97 Å². The number of carbonyl (C=O) groups excluding carboxylic acids is 1. The zero-order chi connectivity index (χ0) is 15.3. The van der Waals surface area contributed by atoms with E-state index in [1.54, 1.807) is 0 Å². The fourth-order valence-corrected chi connectivity index (χ4v) is 3.39. The molecular weight excluding hydrogens is 292 g/mol. The van der Waals surface area contributed by atoms with Crippen molar-refractivity contribution in [3.8, 4) is 0 Å². The summed E-state index contributed by atoms with van der Waals surface area (Å²) in [5, 5.41) is 3.32. The van der Waals surface area contributed by atoms with Gasteiger partial charge in [0.25, 0.3) is 0 Å². The summed E-state index contributed by atoms with van der Waals surface area (Å²) in [5.41, 5.74) is 0.326. The highest BCUT2D eigenvalue weighted by atomic mass is 32.2. The van der Waals surface area contributed by atoms with Gasteiger partial charge in [-0.3, -0.25) is 0 Å². The van der Waals surface area contributed by atoms with Gasteiger partial charge in [0, 0.05) is 12.6 Å².